The van der Waals surface area contributed by atoms with Gasteiger partial charge in [0.25, 0.3) is 0 Å². The van der Waals surface area contributed by atoms with Crippen molar-refractivity contribution in [3.05, 3.63) is 42.1 Å². The number of nitrogens with zero attached hydrogens (tertiary/aromatic N) is 2. The summed E-state index contributed by atoms with van der Waals surface area (Å²) in [5, 5.41) is 0. The molecule has 0 aliphatic carbocycles. The minimum Gasteiger partial charge on any atom is -0.491 e. The molecule has 1 aromatic rings. The van der Waals surface area contributed by atoms with E-state index < -0.39 is 0 Å². The third-order valence-electron chi connectivity index (χ3n) is 2.99. The fourth-order valence-corrected chi connectivity index (χ4v) is 2.03. The normalized spacial score (nSPS) is 17.3. The maximum Gasteiger partial charge on any atom is 0.138 e. The Morgan fingerprint density at radius 2 is 2.35 bits per heavy atom. The number of rotatable bonds is 2. The van der Waals surface area contributed by atoms with Crippen molar-refractivity contribution in [2.45, 2.75) is 13.3 Å². The third kappa shape index (κ3) is 2.18. The molecule has 0 spiro atoms. The molecule has 3 nitrogen and oxygen atoms in total. The molecule has 17 heavy (non-hydrogen) atoms. The minimum atomic E-state index is 0.658. The number of benzene rings is 1. The molecule has 3 heteroatoms. The standard InChI is InChI=1S/C14H18N2O/c1-4-11-6-7-12-13(10-11)17-9-8-16(5-2)14(12)15-3/h5-7,10H,2,4,8-9H2,1,3H3. The van der Waals surface area contributed by atoms with E-state index in [9.17, 15) is 0 Å². The van der Waals surface area contributed by atoms with Crippen LogP contribution in [0.25, 0.3) is 0 Å². The molecule has 1 aromatic carbocycles. The maximum absolute atomic E-state index is 5.78. The van der Waals surface area contributed by atoms with Crippen molar-refractivity contribution >= 4 is 5.84 Å². The van der Waals surface area contributed by atoms with E-state index in [1.165, 1.54) is 5.56 Å². The molecule has 0 radical (unpaired) electrons. The van der Waals surface area contributed by atoms with Gasteiger partial charge in [-0.2, -0.15) is 0 Å². The molecule has 2 rings (SSSR count). The number of aryl methyl sites for hydroxylation is 1. The zero-order valence-corrected chi connectivity index (χ0v) is 10.4. The van der Waals surface area contributed by atoms with Crippen molar-refractivity contribution in [2.75, 3.05) is 20.2 Å². The largest absolute Gasteiger partial charge is 0.491 e. The van der Waals surface area contributed by atoms with Crippen molar-refractivity contribution in [3.8, 4) is 5.75 Å². The molecule has 0 bridgehead atoms. The van der Waals surface area contributed by atoms with Crippen molar-refractivity contribution in [1.29, 1.82) is 0 Å². The van der Waals surface area contributed by atoms with Crippen LogP contribution in [0.1, 0.15) is 18.1 Å². The van der Waals surface area contributed by atoms with Gasteiger partial charge in [0, 0.05) is 7.05 Å². The molecule has 0 aromatic heterocycles. The molecule has 1 aliphatic heterocycles. The van der Waals surface area contributed by atoms with Crippen molar-refractivity contribution in [3.63, 3.8) is 0 Å². The number of hydrogen-bond donors (Lipinski definition) is 0. The topological polar surface area (TPSA) is 24.8 Å². The van der Waals surface area contributed by atoms with Gasteiger partial charge < -0.3 is 9.64 Å². The van der Waals surface area contributed by atoms with Gasteiger partial charge in [-0.3, -0.25) is 4.99 Å². The SMILES string of the molecule is C=CN1CCOc2cc(CC)ccc2C1=NC. The lowest BCUT2D eigenvalue weighted by molar-refractivity contribution is 0.301. The lowest BCUT2D eigenvalue weighted by Crippen LogP contribution is -2.27. The van der Waals surface area contributed by atoms with Gasteiger partial charge >= 0.3 is 0 Å². The van der Waals surface area contributed by atoms with Gasteiger partial charge in [-0.05, 0) is 30.3 Å². The molecule has 0 saturated heterocycles. The van der Waals surface area contributed by atoms with Crippen LogP contribution in [0, 0.1) is 0 Å². The highest BCUT2D eigenvalue weighted by atomic mass is 16.5. The molecule has 0 atom stereocenters. The zero-order chi connectivity index (χ0) is 12.3. The summed E-state index contributed by atoms with van der Waals surface area (Å²) in [6.45, 7) is 7.40. The van der Waals surface area contributed by atoms with Gasteiger partial charge in [0.05, 0.1) is 12.1 Å². The van der Waals surface area contributed by atoms with Crippen molar-refractivity contribution < 1.29 is 4.74 Å². The Morgan fingerprint density at radius 1 is 1.53 bits per heavy atom. The second-order valence-corrected chi connectivity index (χ2v) is 3.96. The van der Waals surface area contributed by atoms with Crippen LogP contribution in [0.5, 0.6) is 5.75 Å². The fourth-order valence-electron chi connectivity index (χ4n) is 2.03. The lowest BCUT2D eigenvalue weighted by Gasteiger charge is -2.18. The molecule has 0 N–H and O–H groups in total. The molecular weight excluding hydrogens is 212 g/mol. The summed E-state index contributed by atoms with van der Waals surface area (Å²) >= 11 is 0. The summed E-state index contributed by atoms with van der Waals surface area (Å²) in [7, 11) is 1.80. The van der Waals surface area contributed by atoms with Crippen LogP contribution < -0.4 is 4.74 Å². The van der Waals surface area contributed by atoms with Crippen molar-refractivity contribution in [1.82, 2.24) is 4.90 Å². The van der Waals surface area contributed by atoms with E-state index >= 15 is 0 Å². The average Bonchev–Trinajstić information content (AvgIpc) is 2.55. The molecular formula is C14H18N2O. The first-order valence-corrected chi connectivity index (χ1v) is 5.92. The summed E-state index contributed by atoms with van der Waals surface area (Å²) < 4.78 is 5.78. The monoisotopic (exact) mass is 230 g/mol. The van der Waals surface area contributed by atoms with Crippen molar-refractivity contribution in [2.24, 2.45) is 4.99 Å². The number of ether oxygens (including phenoxy) is 1. The molecule has 1 aliphatic rings. The molecule has 0 amide bonds. The van der Waals surface area contributed by atoms with Crippen LogP contribution in [0.4, 0.5) is 0 Å². The van der Waals surface area contributed by atoms with E-state index in [1.807, 2.05) is 4.90 Å². The molecule has 1 heterocycles. The average molecular weight is 230 g/mol. The Labute approximate surface area is 102 Å². The Kier molecular flexibility index (Phi) is 3.47. The highest BCUT2D eigenvalue weighted by Gasteiger charge is 2.19. The maximum atomic E-state index is 5.78. The van der Waals surface area contributed by atoms with Crippen LogP contribution >= 0.6 is 0 Å². The predicted molar refractivity (Wildman–Crippen MR) is 70.7 cm³/mol. The number of amidine groups is 1. The summed E-state index contributed by atoms with van der Waals surface area (Å²) in [5.41, 5.74) is 2.33. The van der Waals surface area contributed by atoms with E-state index in [0.717, 1.165) is 30.1 Å². The summed E-state index contributed by atoms with van der Waals surface area (Å²) in [6.07, 6.45) is 2.81. The minimum absolute atomic E-state index is 0.658. The Bertz CT molecular complexity index is 452. The highest BCUT2D eigenvalue weighted by Crippen LogP contribution is 2.25. The molecule has 0 unspecified atom stereocenters. The number of hydrogen-bond acceptors (Lipinski definition) is 2. The van der Waals surface area contributed by atoms with E-state index in [-0.39, 0.29) is 0 Å². The van der Waals surface area contributed by atoms with E-state index in [2.05, 4.69) is 36.7 Å². The quantitative estimate of drug-likeness (QED) is 0.779. The Morgan fingerprint density at radius 3 is 3.00 bits per heavy atom. The van der Waals surface area contributed by atoms with Crippen LogP contribution in [0.15, 0.2) is 36.0 Å². The van der Waals surface area contributed by atoms with Gasteiger partial charge in [0.1, 0.15) is 18.2 Å². The lowest BCUT2D eigenvalue weighted by atomic mass is 10.1. The first-order valence-electron chi connectivity index (χ1n) is 5.92. The van der Waals surface area contributed by atoms with Crippen LogP contribution in [0.3, 0.4) is 0 Å². The third-order valence-corrected chi connectivity index (χ3v) is 2.99. The van der Waals surface area contributed by atoms with Crippen LogP contribution in [0.2, 0.25) is 0 Å². The van der Waals surface area contributed by atoms with Crippen LogP contribution in [-0.2, 0) is 6.42 Å². The van der Waals surface area contributed by atoms with E-state index in [1.54, 1.807) is 13.2 Å². The Balaban J connectivity index is 2.49. The first kappa shape index (κ1) is 11.7. The molecule has 0 saturated carbocycles. The molecule has 90 valence electrons. The zero-order valence-electron chi connectivity index (χ0n) is 10.4. The summed E-state index contributed by atoms with van der Waals surface area (Å²) in [4.78, 5) is 6.37. The Hall–Kier alpha value is -1.77. The number of fused-ring (bicyclic) bond motifs is 1. The van der Waals surface area contributed by atoms with Gasteiger partial charge in [0.15, 0.2) is 0 Å². The highest BCUT2D eigenvalue weighted by molar-refractivity contribution is 6.02. The smallest absolute Gasteiger partial charge is 0.138 e. The van der Waals surface area contributed by atoms with E-state index in [4.69, 9.17) is 4.74 Å². The van der Waals surface area contributed by atoms with E-state index in [0.29, 0.717) is 6.61 Å². The first-order chi connectivity index (χ1) is 8.30. The second kappa shape index (κ2) is 5.04. The van der Waals surface area contributed by atoms with Gasteiger partial charge in [-0.25, -0.2) is 0 Å². The predicted octanol–water partition coefficient (Wildman–Crippen LogP) is 2.46. The fraction of sp³-hybridized carbons (Fsp3) is 0.357. The van der Waals surface area contributed by atoms with Gasteiger partial charge in [0.2, 0.25) is 0 Å². The van der Waals surface area contributed by atoms with Gasteiger partial charge in [-0.15, -0.1) is 0 Å². The van der Waals surface area contributed by atoms with Crippen LogP contribution in [-0.4, -0.2) is 30.9 Å². The van der Waals surface area contributed by atoms with Gasteiger partial charge in [-0.1, -0.05) is 19.6 Å². The number of aliphatic imine (C=N–C) groups is 1. The second-order valence-electron chi connectivity index (χ2n) is 3.96. The summed E-state index contributed by atoms with van der Waals surface area (Å²) in [6, 6.07) is 6.31. The molecule has 0 fully saturated rings. The summed E-state index contributed by atoms with van der Waals surface area (Å²) in [5.74, 6) is 1.85.